The molecule has 0 spiro atoms. The zero-order valence-electron chi connectivity index (χ0n) is 32.2. The van der Waals surface area contributed by atoms with E-state index in [1.165, 1.54) is 26.0 Å². The lowest BCUT2D eigenvalue weighted by atomic mass is 10.5. The summed E-state index contributed by atoms with van der Waals surface area (Å²) in [5.74, 6) is 0. The Balaban J connectivity index is 0.000000338. The smallest absolute Gasteiger partial charge is 0.115 e. The summed E-state index contributed by atoms with van der Waals surface area (Å²) in [6.45, 7) is 26.8. The van der Waals surface area contributed by atoms with Gasteiger partial charge in [0, 0.05) is 114 Å². The number of aryl methyl sites for hydroxylation is 3. The van der Waals surface area contributed by atoms with Crippen molar-refractivity contribution in [2.45, 2.75) is 53.5 Å². The molecule has 0 radical (unpaired) electrons. The summed E-state index contributed by atoms with van der Waals surface area (Å²) in [4.78, 5) is 24.3. The molecule has 0 aliphatic heterocycles. The maximum Gasteiger partial charge on any atom is 0.115 e. The van der Waals surface area contributed by atoms with Gasteiger partial charge in [-0.15, -0.1) is 56.7 Å². The fourth-order valence-electron chi connectivity index (χ4n) is 3.41. The molecule has 5 heterocycles. The molecule has 0 aliphatic carbocycles. The van der Waals surface area contributed by atoms with Crippen LogP contribution < -0.4 is 0 Å². The van der Waals surface area contributed by atoms with Gasteiger partial charge in [0.25, 0.3) is 0 Å². The van der Waals surface area contributed by atoms with Gasteiger partial charge in [-0.25, -0.2) is 24.9 Å². The first-order valence-electron chi connectivity index (χ1n) is 15.8. The molecule has 0 unspecified atom stereocenters. The average Bonchev–Trinajstić information content (AvgIpc) is 4.02. The monoisotopic (exact) mass is 851 g/mol. The highest BCUT2D eigenvalue weighted by Crippen LogP contribution is 2.19. The largest absolute Gasteiger partial charge is 0.295 e. The lowest BCUT2D eigenvalue weighted by Gasteiger charge is -2.08. The summed E-state index contributed by atoms with van der Waals surface area (Å²) < 4.78 is 0.706. The number of hydrazone groups is 5. The predicted octanol–water partition coefficient (Wildman–Crippen LogP) is 7.53. The number of nitrogens with zero attached hydrogens (tertiary/aromatic N) is 15. The fraction of sp³-hybridized carbons (Fsp3) is 0.394. The Bertz CT molecular complexity index is 1560. The van der Waals surface area contributed by atoms with E-state index in [9.17, 15) is 0 Å². The molecule has 0 aromatic carbocycles. The molecule has 15 nitrogen and oxygen atoms in total. The van der Waals surface area contributed by atoms with Crippen molar-refractivity contribution in [2.75, 3.05) is 35.2 Å². The molecule has 0 saturated carbocycles. The van der Waals surface area contributed by atoms with Crippen molar-refractivity contribution in [1.82, 2.24) is 50.0 Å². The van der Waals surface area contributed by atoms with Crippen LogP contribution in [0.4, 0.5) is 0 Å². The van der Waals surface area contributed by atoms with Gasteiger partial charge in [0.05, 0.1) is 48.9 Å². The Morgan fingerprint density at radius 1 is 0.519 bits per heavy atom. The van der Waals surface area contributed by atoms with Crippen molar-refractivity contribution in [3.63, 3.8) is 0 Å². The van der Waals surface area contributed by atoms with E-state index in [1.807, 2.05) is 80.0 Å². The highest BCUT2D eigenvalue weighted by Gasteiger charge is 2.02. The van der Waals surface area contributed by atoms with Crippen LogP contribution in [-0.2, 0) is 32.7 Å². The number of hydrogen-bond acceptors (Lipinski definition) is 20. The number of halogens is 1. The van der Waals surface area contributed by atoms with E-state index < -0.39 is 0 Å². The molecule has 54 heavy (non-hydrogen) atoms. The van der Waals surface area contributed by atoms with Gasteiger partial charge in [-0.1, -0.05) is 11.6 Å². The van der Waals surface area contributed by atoms with Gasteiger partial charge in [-0.3, -0.25) is 25.0 Å². The molecule has 0 saturated heterocycles. The normalized spacial score (nSPS) is 9.57. The number of aromatic nitrogens is 5. The fourth-order valence-corrected chi connectivity index (χ4v) is 7.59. The van der Waals surface area contributed by atoms with E-state index in [0.717, 1.165) is 51.2 Å². The first-order chi connectivity index (χ1) is 25.7. The van der Waals surface area contributed by atoms with Crippen LogP contribution in [0.3, 0.4) is 0 Å². The Morgan fingerprint density at radius 3 is 1.24 bits per heavy atom. The molecule has 5 aromatic heterocycles. The summed E-state index contributed by atoms with van der Waals surface area (Å²) in [6, 6.07) is 0. The summed E-state index contributed by atoms with van der Waals surface area (Å²) in [5.41, 5.74) is 0. The first kappa shape index (κ1) is 47.8. The Kier molecular flexibility index (Phi) is 24.2. The van der Waals surface area contributed by atoms with Crippen LogP contribution >= 0.6 is 68.3 Å². The second kappa shape index (κ2) is 27.4. The average molecular weight is 853 g/mol. The third-order valence-electron chi connectivity index (χ3n) is 6.08. The summed E-state index contributed by atoms with van der Waals surface area (Å²) >= 11 is 13.8. The van der Waals surface area contributed by atoms with Gasteiger partial charge in [-0.2, -0.15) is 25.5 Å². The van der Waals surface area contributed by atoms with E-state index >= 15 is 0 Å². The minimum absolute atomic E-state index is 0.668. The zero-order chi connectivity index (χ0) is 40.5. The quantitative estimate of drug-likeness (QED) is 0.0767. The standard InChI is InChI=1S/3C7H11N3S.C6H8ClN3S.C6H9N3S/c2*1-6-9-4-7(11-6)5-10(3)8-2;1-6-4-9-7(11-6)5-10(3)8-2;1-8-10(2)4-6-9-3-5(7)11-6;1-7-9(2)5-6-8-3-4-10-6/h3*4H,2,5H2,1,3H3;3H,1,4H2,2H3;3-4H,1,5H2,2H3. The van der Waals surface area contributed by atoms with Crippen LogP contribution in [0.15, 0.2) is 61.9 Å². The van der Waals surface area contributed by atoms with E-state index in [-0.39, 0.29) is 0 Å². The molecule has 0 bridgehead atoms. The summed E-state index contributed by atoms with van der Waals surface area (Å²) in [7, 11) is 9.37. The molecule has 0 N–H and O–H groups in total. The van der Waals surface area contributed by atoms with Gasteiger partial charge in [0.1, 0.15) is 19.4 Å². The van der Waals surface area contributed by atoms with Crippen molar-refractivity contribution >= 4 is 102 Å². The molecular weight excluding hydrogens is 802 g/mol. The number of thiazole rings is 5. The van der Waals surface area contributed by atoms with Crippen molar-refractivity contribution in [3.05, 3.63) is 80.4 Å². The van der Waals surface area contributed by atoms with Crippen LogP contribution in [0.5, 0.6) is 0 Å². The lowest BCUT2D eigenvalue weighted by Crippen LogP contribution is -2.08. The second-order valence-electron chi connectivity index (χ2n) is 10.8. The zero-order valence-corrected chi connectivity index (χ0v) is 37.0. The lowest BCUT2D eigenvalue weighted by molar-refractivity contribution is 0.349. The van der Waals surface area contributed by atoms with Crippen LogP contribution in [-0.4, -0.2) is 119 Å². The van der Waals surface area contributed by atoms with E-state index in [0.29, 0.717) is 10.9 Å². The maximum absolute atomic E-state index is 5.68. The number of hydrogen-bond donors (Lipinski definition) is 0. The molecule has 0 atom stereocenters. The Morgan fingerprint density at radius 2 is 0.926 bits per heavy atom. The highest BCUT2D eigenvalue weighted by molar-refractivity contribution is 7.15. The molecular formula is C33H50ClN15S5. The van der Waals surface area contributed by atoms with Crippen molar-refractivity contribution in [1.29, 1.82) is 0 Å². The van der Waals surface area contributed by atoms with Crippen LogP contribution in [0.25, 0.3) is 0 Å². The van der Waals surface area contributed by atoms with E-state index in [1.54, 1.807) is 82.8 Å². The molecule has 5 aromatic rings. The highest BCUT2D eigenvalue weighted by atomic mass is 35.5. The third-order valence-corrected chi connectivity index (χ3v) is 10.6. The minimum atomic E-state index is 0.668. The van der Waals surface area contributed by atoms with Crippen molar-refractivity contribution in [2.24, 2.45) is 25.5 Å². The topological polar surface area (TPSA) is 142 Å². The number of rotatable bonds is 15. The molecule has 294 valence electrons. The van der Waals surface area contributed by atoms with Crippen molar-refractivity contribution < 1.29 is 0 Å². The van der Waals surface area contributed by atoms with Gasteiger partial charge < -0.3 is 0 Å². The Labute approximate surface area is 344 Å². The van der Waals surface area contributed by atoms with Gasteiger partial charge in [0.2, 0.25) is 0 Å². The van der Waals surface area contributed by atoms with Gasteiger partial charge >= 0.3 is 0 Å². The van der Waals surface area contributed by atoms with E-state index in [4.69, 9.17) is 11.6 Å². The van der Waals surface area contributed by atoms with Crippen LogP contribution in [0.2, 0.25) is 4.34 Å². The third kappa shape index (κ3) is 22.1. The van der Waals surface area contributed by atoms with Crippen LogP contribution in [0, 0.1) is 20.8 Å². The van der Waals surface area contributed by atoms with Gasteiger partial charge in [0.15, 0.2) is 0 Å². The van der Waals surface area contributed by atoms with Crippen LogP contribution in [0.1, 0.15) is 39.7 Å². The second-order valence-corrected chi connectivity index (χ2v) is 17.5. The molecule has 0 fully saturated rings. The first-order valence-corrected chi connectivity index (χ1v) is 20.3. The maximum atomic E-state index is 5.68. The van der Waals surface area contributed by atoms with Crippen molar-refractivity contribution in [3.8, 4) is 0 Å². The SMILES string of the molecule is C=NN(C)Cc1cnc(C)s1.C=NN(C)Cc1cnc(C)s1.C=NN(C)Cc1ncc(C)s1.C=NN(C)Cc1ncc(Cl)s1.C=NN(C)Cc1nccs1. The Hall–Kier alpha value is -4.21. The molecule has 5 rings (SSSR count). The van der Waals surface area contributed by atoms with E-state index in [2.05, 4.69) is 84.0 Å². The van der Waals surface area contributed by atoms with Gasteiger partial charge in [-0.05, 0) is 20.8 Å². The predicted molar refractivity (Wildman–Crippen MR) is 235 cm³/mol. The molecule has 0 amide bonds. The summed E-state index contributed by atoms with van der Waals surface area (Å²) in [5, 5.41) is 34.7. The summed E-state index contributed by atoms with van der Waals surface area (Å²) in [6.07, 6.45) is 9.05. The minimum Gasteiger partial charge on any atom is -0.295 e. The molecule has 0 aliphatic rings. The molecule has 21 heteroatoms.